The average Bonchev–Trinajstić information content (AvgIpc) is 2.69. The number of carbonyl (C=O) groups excluding carboxylic acids is 1. The van der Waals surface area contributed by atoms with Gasteiger partial charge in [0.2, 0.25) is 5.91 Å². The Bertz CT molecular complexity index is 711. The first-order valence-electron chi connectivity index (χ1n) is 10.8. The van der Waals surface area contributed by atoms with E-state index in [2.05, 4.69) is 5.32 Å². The largest absolute Gasteiger partial charge is 0.497 e. The number of nitrogens with one attached hydrogen (secondary N) is 1. The van der Waals surface area contributed by atoms with E-state index >= 15 is 0 Å². The molecule has 1 N–H and O–H groups in total. The zero-order valence-corrected chi connectivity index (χ0v) is 16.7. The van der Waals surface area contributed by atoms with Gasteiger partial charge in [-0.1, -0.05) is 0 Å². The second kappa shape index (κ2) is 7.25. The van der Waals surface area contributed by atoms with E-state index in [1.165, 1.54) is 38.5 Å². The molecule has 6 rings (SSSR count). The molecule has 1 heterocycles. The minimum absolute atomic E-state index is 0.0579. The summed E-state index contributed by atoms with van der Waals surface area (Å²) in [5, 5.41) is 3.07. The molecule has 0 radical (unpaired) electrons. The standard InChI is InChI=1S/C23H31NO4/c1-26-20-2-3-21-18(10-20)9-19(14-27-21)22(25)24-4-5-28-23-11-15-6-16(12-23)8-17(7-15)13-23/h2-3,10,15-17,19H,4-9,11-14H2,1H3,(H,24,25). The van der Waals surface area contributed by atoms with Gasteiger partial charge in [-0.05, 0) is 86.5 Å². The van der Waals surface area contributed by atoms with E-state index in [9.17, 15) is 4.79 Å². The molecule has 1 aromatic rings. The number of amides is 1. The summed E-state index contributed by atoms with van der Waals surface area (Å²) in [5.41, 5.74) is 1.15. The number of hydrogen-bond donors (Lipinski definition) is 1. The molecule has 0 saturated heterocycles. The van der Waals surface area contributed by atoms with E-state index in [1.807, 2.05) is 18.2 Å². The number of ether oxygens (including phenoxy) is 3. The van der Waals surface area contributed by atoms with Crippen LogP contribution in [0.25, 0.3) is 0 Å². The first-order chi connectivity index (χ1) is 13.6. The summed E-state index contributed by atoms with van der Waals surface area (Å²) in [6, 6.07) is 5.77. The van der Waals surface area contributed by atoms with Crippen LogP contribution in [0.3, 0.4) is 0 Å². The lowest BCUT2D eigenvalue weighted by molar-refractivity contribution is -0.162. The molecule has 4 bridgehead atoms. The maximum Gasteiger partial charge on any atom is 0.226 e. The van der Waals surface area contributed by atoms with Crippen molar-refractivity contribution in [3.05, 3.63) is 23.8 Å². The monoisotopic (exact) mass is 385 g/mol. The minimum atomic E-state index is -0.154. The van der Waals surface area contributed by atoms with Crippen molar-refractivity contribution >= 4 is 5.91 Å². The third-order valence-corrected chi connectivity index (χ3v) is 7.34. The summed E-state index contributed by atoms with van der Waals surface area (Å²) < 4.78 is 17.5. The molecule has 4 fully saturated rings. The van der Waals surface area contributed by atoms with Crippen molar-refractivity contribution in [2.75, 3.05) is 26.9 Å². The summed E-state index contributed by atoms with van der Waals surface area (Å²) in [5.74, 6) is 4.22. The van der Waals surface area contributed by atoms with Crippen LogP contribution in [-0.4, -0.2) is 38.4 Å². The van der Waals surface area contributed by atoms with Gasteiger partial charge in [-0.3, -0.25) is 4.79 Å². The van der Waals surface area contributed by atoms with E-state index in [0.717, 1.165) is 34.8 Å². The predicted molar refractivity (Wildman–Crippen MR) is 106 cm³/mol. The topological polar surface area (TPSA) is 56.8 Å². The molecule has 28 heavy (non-hydrogen) atoms. The second-order valence-corrected chi connectivity index (χ2v) is 9.43. The molecular formula is C23H31NO4. The van der Waals surface area contributed by atoms with E-state index < -0.39 is 0 Å². The lowest BCUT2D eigenvalue weighted by atomic mass is 9.54. The van der Waals surface area contributed by atoms with Crippen molar-refractivity contribution < 1.29 is 19.0 Å². The van der Waals surface area contributed by atoms with Gasteiger partial charge in [0.15, 0.2) is 0 Å². The van der Waals surface area contributed by atoms with Crippen LogP contribution in [-0.2, 0) is 16.0 Å². The third-order valence-electron chi connectivity index (χ3n) is 7.34. The lowest BCUT2D eigenvalue weighted by Gasteiger charge is -2.56. The fourth-order valence-corrected chi connectivity index (χ4v) is 6.46. The number of hydrogen-bond acceptors (Lipinski definition) is 4. The fourth-order valence-electron chi connectivity index (χ4n) is 6.46. The van der Waals surface area contributed by atoms with E-state index in [-0.39, 0.29) is 17.4 Å². The normalized spacial score (nSPS) is 35.2. The summed E-state index contributed by atoms with van der Waals surface area (Å²) in [4.78, 5) is 12.6. The Kier molecular flexibility index (Phi) is 4.74. The van der Waals surface area contributed by atoms with E-state index in [4.69, 9.17) is 14.2 Å². The molecule has 5 nitrogen and oxygen atoms in total. The molecule has 1 amide bonds. The quantitative estimate of drug-likeness (QED) is 0.763. The summed E-state index contributed by atoms with van der Waals surface area (Å²) in [7, 11) is 1.65. The molecule has 4 saturated carbocycles. The maximum absolute atomic E-state index is 12.6. The number of methoxy groups -OCH3 is 1. The van der Waals surface area contributed by atoms with Crippen LogP contribution in [0.15, 0.2) is 18.2 Å². The van der Waals surface area contributed by atoms with Gasteiger partial charge >= 0.3 is 0 Å². The molecule has 152 valence electrons. The highest BCUT2D eigenvalue weighted by Gasteiger charge is 2.51. The first-order valence-corrected chi connectivity index (χ1v) is 10.8. The molecule has 1 unspecified atom stereocenters. The number of fused-ring (bicyclic) bond motifs is 1. The lowest BCUT2D eigenvalue weighted by Crippen LogP contribution is -2.52. The highest BCUT2D eigenvalue weighted by Crippen LogP contribution is 2.57. The van der Waals surface area contributed by atoms with Crippen LogP contribution in [0.4, 0.5) is 0 Å². The molecule has 0 spiro atoms. The Morgan fingerprint density at radius 3 is 2.57 bits per heavy atom. The summed E-state index contributed by atoms with van der Waals surface area (Å²) in [6.07, 6.45) is 8.67. The van der Waals surface area contributed by atoms with E-state index in [1.54, 1.807) is 7.11 Å². The highest BCUT2D eigenvalue weighted by atomic mass is 16.5. The molecule has 1 aliphatic heterocycles. The Morgan fingerprint density at radius 1 is 1.18 bits per heavy atom. The molecule has 0 aromatic heterocycles. The second-order valence-electron chi connectivity index (χ2n) is 9.43. The van der Waals surface area contributed by atoms with Gasteiger partial charge in [0.05, 0.1) is 25.2 Å². The van der Waals surface area contributed by atoms with Crippen LogP contribution < -0.4 is 14.8 Å². The van der Waals surface area contributed by atoms with E-state index in [0.29, 0.717) is 26.2 Å². The van der Waals surface area contributed by atoms with Gasteiger partial charge in [-0.15, -0.1) is 0 Å². The Hall–Kier alpha value is -1.75. The van der Waals surface area contributed by atoms with Crippen LogP contribution >= 0.6 is 0 Å². The van der Waals surface area contributed by atoms with Crippen molar-refractivity contribution in [2.45, 2.75) is 50.5 Å². The Balaban J connectivity index is 1.10. The summed E-state index contributed by atoms with van der Waals surface area (Å²) >= 11 is 0. The van der Waals surface area contributed by atoms with Crippen molar-refractivity contribution in [3.63, 3.8) is 0 Å². The SMILES string of the molecule is COc1ccc2c(c1)CC(C(=O)NCCOC13CC4CC(CC(C4)C1)C3)CO2. The first kappa shape index (κ1) is 18.3. The van der Waals surface area contributed by atoms with Crippen molar-refractivity contribution in [3.8, 4) is 11.5 Å². The summed E-state index contributed by atoms with van der Waals surface area (Å²) in [6.45, 7) is 1.64. The van der Waals surface area contributed by atoms with Crippen LogP contribution in [0, 0.1) is 23.7 Å². The van der Waals surface area contributed by atoms with Crippen LogP contribution in [0.1, 0.15) is 44.1 Å². The van der Waals surface area contributed by atoms with Crippen LogP contribution in [0.5, 0.6) is 11.5 Å². The molecular weight excluding hydrogens is 354 g/mol. The molecule has 1 atom stereocenters. The number of rotatable bonds is 6. The van der Waals surface area contributed by atoms with Gasteiger partial charge in [0.25, 0.3) is 0 Å². The number of benzene rings is 1. The van der Waals surface area contributed by atoms with Gasteiger partial charge in [0.1, 0.15) is 18.1 Å². The molecule has 5 heteroatoms. The van der Waals surface area contributed by atoms with Crippen molar-refractivity contribution in [1.29, 1.82) is 0 Å². The smallest absolute Gasteiger partial charge is 0.226 e. The van der Waals surface area contributed by atoms with Crippen LogP contribution in [0.2, 0.25) is 0 Å². The minimum Gasteiger partial charge on any atom is -0.497 e. The Morgan fingerprint density at radius 2 is 1.89 bits per heavy atom. The van der Waals surface area contributed by atoms with Gasteiger partial charge in [0, 0.05) is 6.54 Å². The van der Waals surface area contributed by atoms with Gasteiger partial charge in [-0.2, -0.15) is 0 Å². The molecule has 1 aromatic carbocycles. The number of carbonyl (C=O) groups is 1. The zero-order chi connectivity index (χ0) is 19.1. The van der Waals surface area contributed by atoms with Gasteiger partial charge in [-0.25, -0.2) is 0 Å². The zero-order valence-electron chi connectivity index (χ0n) is 16.7. The maximum atomic E-state index is 12.6. The molecule has 5 aliphatic rings. The highest BCUT2D eigenvalue weighted by molar-refractivity contribution is 5.79. The molecule has 4 aliphatic carbocycles. The van der Waals surface area contributed by atoms with Crippen molar-refractivity contribution in [2.24, 2.45) is 23.7 Å². The van der Waals surface area contributed by atoms with Crippen molar-refractivity contribution in [1.82, 2.24) is 5.32 Å². The fraction of sp³-hybridized carbons (Fsp3) is 0.696. The third kappa shape index (κ3) is 3.49. The Labute approximate surface area is 167 Å². The predicted octanol–water partition coefficient (Wildman–Crippen LogP) is 3.35. The average molecular weight is 386 g/mol. The van der Waals surface area contributed by atoms with Gasteiger partial charge < -0.3 is 19.5 Å².